The average molecular weight is 383 g/mol. The van der Waals surface area contributed by atoms with Crippen LogP contribution in [0, 0.1) is 0 Å². The number of hydrogen-bond acceptors (Lipinski definition) is 3. The third-order valence-electron chi connectivity index (χ3n) is 4.55. The van der Waals surface area contributed by atoms with Crippen LogP contribution < -0.4 is 15.4 Å². The summed E-state index contributed by atoms with van der Waals surface area (Å²) < 4.78 is 5.17. The van der Waals surface area contributed by atoms with E-state index in [0.29, 0.717) is 25.8 Å². The van der Waals surface area contributed by atoms with E-state index in [0.717, 1.165) is 24.2 Å². The molecular formula is C23H30N2O3. The molecule has 150 valence electrons. The molecular weight excluding hydrogens is 352 g/mol. The van der Waals surface area contributed by atoms with Crippen molar-refractivity contribution in [2.45, 2.75) is 51.6 Å². The van der Waals surface area contributed by atoms with Gasteiger partial charge >= 0.3 is 0 Å². The van der Waals surface area contributed by atoms with Gasteiger partial charge in [-0.3, -0.25) is 9.59 Å². The number of aryl methyl sites for hydroxylation is 1. The Kier molecular flexibility index (Phi) is 9.05. The van der Waals surface area contributed by atoms with E-state index < -0.39 is 0 Å². The quantitative estimate of drug-likeness (QED) is 0.624. The highest BCUT2D eigenvalue weighted by atomic mass is 16.5. The zero-order valence-corrected chi connectivity index (χ0v) is 16.7. The van der Waals surface area contributed by atoms with Gasteiger partial charge in [0.25, 0.3) is 0 Å². The molecule has 5 heteroatoms. The van der Waals surface area contributed by atoms with Gasteiger partial charge in [0.15, 0.2) is 0 Å². The second kappa shape index (κ2) is 11.8. The zero-order chi connectivity index (χ0) is 20.2. The fourth-order valence-corrected chi connectivity index (χ4v) is 2.93. The van der Waals surface area contributed by atoms with Crippen molar-refractivity contribution in [3.8, 4) is 5.75 Å². The van der Waals surface area contributed by atoms with E-state index in [4.69, 9.17) is 4.74 Å². The lowest BCUT2D eigenvalue weighted by molar-refractivity contribution is -0.122. The van der Waals surface area contributed by atoms with Crippen molar-refractivity contribution in [2.75, 3.05) is 7.11 Å². The van der Waals surface area contributed by atoms with Crippen LogP contribution in [-0.4, -0.2) is 25.0 Å². The van der Waals surface area contributed by atoms with Gasteiger partial charge in [-0.05, 0) is 49.4 Å². The molecule has 0 bridgehead atoms. The number of carbonyl (C=O) groups excluding carboxylic acids is 2. The summed E-state index contributed by atoms with van der Waals surface area (Å²) in [6, 6.07) is 18.0. The lowest BCUT2D eigenvalue weighted by Gasteiger charge is -2.14. The predicted molar refractivity (Wildman–Crippen MR) is 111 cm³/mol. The smallest absolute Gasteiger partial charge is 0.220 e. The summed E-state index contributed by atoms with van der Waals surface area (Å²) >= 11 is 0. The van der Waals surface area contributed by atoms with Gasteiger partial charge < -0.3 is 15.4 Å². The molecule has 2 aromatic carbocycles. The molecule has 2 rings (SSSR count). The molecule has 0 fully saturated rings. The molecule has 28 heavy (non-hydrogen) atoms. The van der Waals surface area contributed by atoms with Crippen molar-refractivity contribution in [3.05, 3.63) is 65.7 Å². The third-order valence-corrected chi connectivity index (χ3v) is 4.55. The van der Waals surface area contributed by atoms with Gasteiger partial charge in [0, 0.05) is 25.4 Å². The summed E-state index contributed by atoms with van der Waals surface area (Å²) in [6.07, 6.45) is 3.09. The Morgan fingerprint density at radius 1 is 0.964 bits per heavy atom. The van der Waals surface area contributed by atoms with Crippen LogP contribution in [0.25, 0.3) is 0 Å². The summed E-state index contributed by atoms with van der Waals surface area (Å²) in [5, 5.41) is 5.89. The van der Waals surface area contributed by atoms with Crippen LogP contribution in [0.4, 0.5) is 0 Å². The maximum atomic E-state index is 12.0. The van der Waals surface area contributed by atoms with Crippen LogP contribution in [0.15, 0.2) is 54.6 Å². The average Bonchev–Trinajstić information content (AvgIpc) is 2.71. The Morgan fingerprint density at radius 3 is 2.43 bits per heavy atom. The van der Waals surface area contributed by atoms with E-state index in [9.17, 15) is 9.59 Å². The molecule has 0 radical (unpaired) electrons. The highest BCUT2D eigenvalue weighted by Crippen LogP contribution is 2.12. The number of hydrogen-bond donors (Lipinski definition) is 2. The maximum Gasteiger partial charge on any atom is 0.220 e. The van der Waals surface area contributed by atoms with E-state index in [-0.39, 0.29) is 17.9 Å². The first-order chi connectivity index (χ1) is 13.6. The summed E-state index contributed by atoms with van der Waals surface area (Å²) in [7, 11) is 1.62. The van der Waals surface area contributed by atoms with E-state index in [1.165, 1.54) is 5.56 Å². The van der Waals surface area contributed by atoms with Crippen LogP contribution in [0.3, 0.4) is 0 Å². The van der Waals surface area contributed by atoms with E-state index in [1.807, 2.05) is 49.4 Å². The molecule has 0 aliphatic rings. The van der Waals surface area contributed by atoms with Gasteiger partial charge in [0.1, 0.15) is 5.75 Å². The first-order valence-electron chi connectivity index (χ1n) is 9.79. The number of carbonyl (C=O) groups is 2. The molecule has 2 amide bonds. The standard InChI is InChI=1S/C23H30N2O3/c1-18(14-15-19-8-4-3-5-9-19)25-23(27)13-7-12-22(26)24-17-20-10-6-11-21(16-20)28-2/h3-6,8-11,16,18H,7,12-15,17H2,1-2H3,(H,24,26)(H,25,27)/t18-/m0/s1. The molecule has 1 atom stereocenters. The summed E-state index contributed by atoms with van der Waals surface area (Å²) in [5.41, 5.74) is 2.26. The molecule has 0 saturated carbocycles. The second-order valence-electron chi connectivity index (χ2n) is 6.97. The lowest BCUT2D eigenvalue weighted by Crippen LogP contribution is -2.33. The van der Waals surface area contributed by atoms with E-state index in [2.05, 4.69) is 22.8 Å². The topological polar surface area (TPSA) is 67.4 Å². The Balaban J connectivity index is 1.58. The van der Waals surface area contributed by atoms with Crippen molar-refractivity contribution >= 4 is 11.8 Å². The van der Waals surface area contributed by atoms with Crippen molar-refractivity contribution in [1.82, 2.24) is 10.6 Å². The van der Waals surface area contributed by atoms with Crippen LogP contribution in [0.1, 0.15) is 43.7 Å². The molecule has 0 aromatic heterocycles. The van der Waals surface area contributed by atoms with Crippen molar-refractivity contribution in [1.29, 1.82) is 0 Å². The number of methoxy groups -OCH3 is 1. The van der Waals surface area contributed by atoms with Gasteiger partial charge in [-0.2, -0.15) is 0 Å². The minimum Gasteiger partial charge on any atom is -0.497 e. The Morgan fingerprint density at radius 2 is 1.68 bits per heavy atom. The number of ether oxygens (including phenoxy) is 1. The van der Waals surface area contributed by atoms with Gasteiger partial charge in [0.05, 0.1) is 7.11 Å². The fourth-order valence-electron chi connectivity index (χ4n) is 2.93. The normalized spacial score (nSPS) is 11.5. The van der Waals surface area contributed by atoms with Crippen molar-refractivity contribution in [3.63, 3.8) is 0 Å². The molecule has 5 nitrogen and oxygen atoms in total. The third kappa shape index (κ3) is 8.25. The van der Waals surface area contributed by atoms with Crippen LogP contribution in [0.2, 0.25) is 0 Å². The molecule has 0 spiro atoms. The van der Waals surface area contributed by atoms with Crippen molar-refractivity contribution in [2.24, 2.45) is 0 Å². The van der Waals surface area contributed by atoms with Crippen molar-refractivity contribution < 1.29 is 14.3 Å². The zero-order valence-electron chi connectivity index (χ0n) is 16.7. The van der Waals surface area contributed by atoms with Gasteiger partial charge in [-0.1, -0.05) is 42.5 Å². The van der Waals surface area contributed by atoms with Gasteiger partial charge in [-0.15, -0.1) is 0 Å². The number of rotatable bonds is 11. The van der Waals surface area contributed by atoms with Gasteiger partial charge in [-0.25, -0.2) is 0 Å². The SMILES string of the molecule is COc1cccc(CNC(=O)CCCC(=O)N[C@@H](C)CCc2ccccc2)c1. The number of nitrogens with one attached hydrogen (secondary N) is 2. The number of benzene rings is 2. The minimum absolute atomic E-state index is 0.00107. The summed E-state index contributed by atoms with van der Waals surface area (Å²) in [6.45, 7) is 2.47. The molecule has 0 aliphatic carbocycles. The Hall–Kier alpha value is -2.82. The molecule has 2 N–H and O–H groups in total. The molecule has 2 aromatic rings. The first kappa shape index (κ1) is 21.5. The maximum absolute atomic E-state index is 12.0. The van der Waals surface area contributed by atoms with Crippen LogP contribution >= 0.6 is 0 Å². The monoisotopic (exact) mass is 382 g/mol. The van der Waals surface area contributed by atoms with Gasteiger partial charge in [0.2, 0.25) is 11.8 Å². The molecule has 0 unspecified atom stereocenters. The highest BCUT2D eigenvalue weighted by molar-refractivity contribution is 5.79. The largest absolute Gasteiger partial charge is 0.497 e. The highest BCUT2D eigenvalue weighted by Gasteiger charge is 2.09. The Bertz CT molecular complexity index is 747. The second-order valence-corrected chi connectivity index (χ2v) is 6.97. The van der Waals surface area contributed by atoms with Crippen LogP contribution in [0.5, 0.6) is 5.75 Å². The Labute approximate surface area is 167 Å². The predicted octanol–water partition coefficient (Wildman–Crippen LogP) is 3.62. The minimum atomic E-state index is -0.0484. The molecule has 0 saturated heterocycles. The number of amides is 2. The molecule has 0 aliphatic heterocycles. The molecule has 0 heterocycles. The van der Waals surface area contributed by atoms with E-state index >= 15 is 0 Å². The fraction of sp³-hybridized carbons (Fsp3) is 0.391. The summed E-state index contributed by atoms with van der Waals surface area (Å²) in [5.74, 6) is 0.721. The van der Waals surface area contributed by atoms with E-state index in [1.54, 1.807) is 7.11 Å². The lowest BCUT2D eigenvalue weighted by atomic mass is 10.1. The summed E-state index contributed by atoms with van der Waals surface area (Å²) in [4.78, 5) is 24.0. The van der Waals surface area contributed by atoms with Crippen LogP contribution in [-0.2, 0) is 22.6 Å². The first-order valence-corrected chi connectivity index (χ1v) is 9.79.